The van der Waals surface area contributed by atoms with Gasteiger partial charge in [0, 0.05) is 5.56 Å². The summed E-state index contributed by atoms with van der Waals surface area (Å²) in [5, 5.41) is 0. The standard InChI is InChI=1S/C10H7F6NO/c11-9(12,13)5-1-2-6(8(18)4-17)7(3-5)10(14,15)16/h1-3H,4,17H2. The molecule has 0 aliphatic carbocycles. The Balaban J connectivity index is 3.44. The third kappa shape index (κ3) is 3.00. The maximum atomic E-state index is 12.6. The molecule has 0 bridgehead atoms. The molecule has 0 aliphatic heterocycles. The second-order valence-electron chi connectivity index (χ2n) is 3.38. The van der Waals surface area contributed by atoms with E-state index in [2.05, 4.69) is 0 Å². The summed E-state index contributed by atoms with van der Waals surface area (Å²) in [5.41, 5.74) is 0.937. The molecule has 1 rings (SSSR count). The summed E-state index contributed by atoms with van der Waals surface area (Å²) in [6.45, 7) is -0.714. The lowest BCUT2D eigenvalue weighted by atomic mass is 10.00. The Morgan fingerprint density at radius 3 is 2.00 bits per heavy atom. The van der Waals surface area contributed by atoms with Gasteiger partial charge in [-0.25, -0.2) is 0 Å². The van der Waals surface area contributed by atoms with Crippen molar-refractivity contribution in [2.75, 3.05) is 6.54 Å². The van der Waals surface area contributed by atoms with E-state index < -0.39 is 41.4 Å². The number of ketones is 1. The number of hydrogen-bond acceptors (Lipinski definition) is 2. The minimum absolute atomic E-state index is 0.0944. The van der Waals surface area contributed by atoms with E-state index in [-0.39, 0.29) is 6.07 Å². The highest BCUT2D eigenvalue weighted by Crippen LogP contribution is 2.37. The van der Waals surface area contributed by atoms with Crippen molar-refractivity contribution >= 4 is 5.78 Å². The van der Waals surface area contributed by atoms with E-state index >= 15 is 0 Å². The van der Waals surface area contributed by atoms with Crippen molar-refractivity contribution in [3.8, 4) is 0 Å². The van der Waals surface area contributed by atoms with Gasteiger partial charge >= 0.3 is 12.4 Å². The first-order chi connectivity index (χ1) is 8.07. The van der Waals surface area contributed by atoms with Crippen molar-refractivity contribution in [1.29, 1.82) is 0 Å². The molecular weight excluding hydrogens is 264 g/mol. The molecule has 2 nitrogen and oxygen atoms in total. The first-order valence-corrected chi connectivity index (χ1v) is 4.59. The van der Waals surface area contributed by atoms with Gasteiger partial charge in [-0.05, 0) is 12.1 Å². The fourth-order valence-electron chi connectivity index (χ4n) is 1.31. The van der Waals surface area contributed by atoms with Crippen molar-refractivity contribution in [2.24, 2.45) is 5.73 Å². The summed E-state index contributed by atoms with van der Waals surface area (Å²) in [4.78, 5) is 11.1. The summed E-state index contributed by atoms with van der Waals surface area (Å²) in [6.07, 6.45) is -9.97. The van der Waals surface area contributed by atoms with Crippen LogP contribution in [0.3, 0.4) is 0 Å². The van der Waals surface area contributed by atoms with Crippen molar-refractivity contribution in [3.05, 3.63) is 34.9 Å². The lowest BCUT2D eigenvalue weighted by Crippen LogP contribution is -2.20. The molecule has 1 aromatic rings. The molecule has 0 atom stereocenters. The Labute approximate surface area is 97.4 Å². The van der Waals surface area contributed by atoms with Crippen LogP contribution in [0, 0.1) is 0 Å². The van der Waals surface area contributed by atoms with E-state index in [1.165, 1.54) is 0 Å². The van der Waals surface area contributed by atoms with Crippen LogP contribution < -0.4 is 5.73 Å². The van der Waals surface area contributed by atoms with Gasteiger partial charge < -0.3 is 5.73 Å². The molecule has 0 unspecified atom stereocenters. The molecule has 0 radical (unpaired) electrons. The van der Waals surface area contributed by atoms with E-state index in [4.69, 9.17) is 5.73 Å². The smallest absolute Gasteiger partial charge is 0.324 e. The monoisotopic (exact) mass is 271 g/mol. The third-order valence-electron chi connectivity index (χ3n) is 2.14. The van der Waals surface area contributed by atoms with Gasteiger partial charge in [0.05, 0.1) is 17.7 Å². The number of benzene rings is 1. The largest absolute Gasteiger partial charge is 0.417 e. The number of carbonyl (C=O) groups is 1. The fraction of sp³-hybridized carbons (Fsp3) is 0.300. The minimum atomic E-state index is -5.05. The van der Waals surface area contributed by atoms with Crippen LogP contribution in [0.1, 0.15) is 21.5 Å². The molecule has 0 aromatic heterocycles. The van der Waals surface area contributed by atoms with Crippen LogP contribution in [0.4, 0.5) is 26.3 Å². The Morgan fingerprint density at radius 2 is 1.61 bits per heavy atom. The molecule has 0 amide bonds. The fourth-order valence-corrected chi connectivity index (χ4v) is 1.31. The van der Waals surface area contributed by atoms with E-state index in [0.717, 1.165) is 0 Å². The van der Waals surface area contributed by atoms with Crippen LogP contribution in [0.2, 0.25) is 0 Å². The number of rotatable bonds is 2. The topological polar surface area (TPSA) is 43.1 Å². The Kier molecular flexibility index (Phi) is 3.70. The van der Waals surface area contributed by atoms with Gasteiger partial charge in [-0.15, -0.1) is 0 Å². The Morgan fingerprint density at radius 1 is 1.06 bits per heavy atom. The summed E-state index contributed by atoms with van der Waals surface area (Å²) >= 11 is 0. The second-order valence-corrected chi connectivity index (χ2v) is 3.38. The predicted octanol–water partition coefficient (Wildman–Crippen LogP) is 2.87. The highest BCUT2D eigenvalue weighted by atomic mass is 19.4. The van der Waals surface area contributed by atoms with Crippen LogP contribution in [-0.2, 0) is 12.4 Å². The zero-order valence-electron chi connectivity index (χ0n) is 8.69. The lowest BCUT2D eigenvalue weighted by molar-refractivity contribution is -0.143. The molecule has 0 heterocycles. The molecule has 0 aliphatic rings. The van der Waals surface area contributed by atoms with Gasteiger partial charge in [-0.2, -0.15) is 26.3 Å². The van der Waals surface area contributed by atoms with E-state index in [9.17, 15) is 31.1 Å². The normalized spacial score (nSPS) is 12.6. The van der Waals surface area contributed by atoms with Gasteiger partial charge in [0.1, 0.15) is 0 Å². The summed E-state index contributed by atoms with van der Waals surface area (Å²) in [5.74, 6) is -1.07. The maximum Gasteiger partial charge on any atom is 0.417 e. The Bertz CT molecular complexity index is 462. The van der Waals surface area contributed by atoms with Gasteiger partial charge in [0.2, 0.25) is 0 Å². The zero-order chi connectivity index (χ0) is 14.1. The molecule has 2 N–H and O–H groups in total. The zero-order valence-corrected chi connectivity index (χ0v) is 8.69. The number of alkyl halides is 6. The van der Waals surface area contributed by atoms with E-state index in [1.807, 2.05) is 0 Å². The average molecular weight is 271 g/mol. The molecule has 0 saturated heterocycles. The minimum Gasteiger partial charge on any atom is -0.324 e. The number of hydrogen-bond donors (Lipinski definition) is 1. The maximum absolute atomic E-state index is 12.6. The van der Waals surface area contributed by atoms with Crippen molar-refractivity contribution in [1.82, 2.24) is 0 Å². The summed E-state index contributed by atoms with van der Waals surface area (Å²) in [6, 6.07) is 0.807. The SMILES string of the molecule is NCC(=O)c1ccc(C(F)(F)F)cc1C(F)(F)F. The van der Waals surface area contributed by atoms with Crippen molar-refractivity contribution in [2.45, 2.75) is 12.4 Å². The molecular formula is C10H7F6NO. The van der Waals surface area contributed by atoms with Crippen molar-refractivity contribution < 1.29 is 31.1 Å². The van der Waals surface area contributed by atoms with Crippen LogP contribution in [0.5, 0.6) is 0 Å². The third-order valence-corrected chi connectivity index (χ3v) is 2.14. The van der Waals surface area contributed by atoms with Gasteiger partial charge in [-0.3, -0.25) is 4.79 Å². The number of nitrogens with two attached hydrogens (primary N) is 1. The molecule has 8 heteroatoms. The highest BCUT2D eigenvalue weighted by Gasteiger charge is 2.39. The van der Waals surface area contributed by atoms with E-state index in [1.54, 1.807) is 0 Å². The van der Waals surface area contributed by atoms with Crippen LogP contribution in [0.25, 0.3) is 0 Å². The molecule has 1 aromatic carbocycles. The van der Waals surface area contributed by atoms with Gasteiger partial charge in [0.25, 0.3) is 0 Å². The van der Waals surface area contributed by atoms with Crippen LogP contribution in [-0.4, -0.2) is 12.3 Å². The first kappa shape index (κ1) is 14.5. The predicted molar refractivity (Wildman–Crippen MR) is 49.8 cm³/mol. The number of carbonyl (C=O) groups excluding carboxylic acids is 1. The van der Waals surface area contributed by atoms with Crippen LogP contribution in [0.15, 0.2) is 18.2 Å². The molecule has 18 heavy (non-hydrogen) atoms. The van der Waals surface area contributed by atoms with Gasteiger partial charge in [-0.1, -0.05) is 6.07 Å². The average Bonchev–Trinajstić information content (AvgIpc) is 2.24. The van der Waals surface area contributed by atoms with Crippen LogP contribution >= 0.6 is 0 Å². The number of Topliss-reactive ketones (excluding diaryl/α,β-unsaturated/α-hetero) is 1. The molecule has 0 fully saturated rings. The highest BCUT2D eigenvalue weighted by molar-refractivity contribution is 5.99. The van der Waals surface area contributed by atoms with Gasteiger partial charge in [0.15, 0.2) is 5.78 Å². The lowest BCUT2D eigenvalue weighted by Gasteiger charge is -2.14. The number of halogens is 6. The van der Waals surface area contributed by atoms with Crippen molar-refractivity contribution in [3.63, 3.8) is 0 Å². The molecule has 0 saturated carbocycles. The molecule has 0 spiro atoms. The second kappa shape index (κ2) is 4.60. The first-order valence-electron chi connectivity index (χ1n) is 4.59. The summed E-state index contributed by atoms with van der Waals surface area (Å²) < 4.78 is 74.5. The Hall–Kier alpha value is -1.57. The summed E-state index contributed by atoms with van der Waals surface area (Å²) in [7, 11) is 0. The molecule has 100 valence electrons. The van der Waals surface area contributed by atoms with E-state index in [0.29, 0.717) is 12.1 Å². The quantitative estimate of drug-likeness (QED) is 0.664.